The highest BCUT2D eigenvalue weighted by Gasteiger charge is 2.32. The fourth-order valence-electron chi connectivity index (χ4n) is 3.12. The Hall–Kier alpha value is -1.36. The molecule has 3 rings (SSSR count). The number of halogens is 4. The first-order valence-electron chi connectivity index (χ1n) is 6.72. The van der Waals surface area contributed by atoms with Crippen molar-refractivity contribution in [3.8, 4) is 0 Å². The maximum Gasteiger partial charge on any atom is 0.416 e. The van der Waals surface area contributed by atoms with Gasteiger partial charge in [0.2, 0.25) is 0 Å². The van der Waals surface area contributed by atoms with Crippen LogP contribution in [0.3, 0.4) is 0 Å². The number of nitrogens with one attached hydrogen (secondary N) is 1. The number of rotatable bonds is 2. The van der Waals surface area contributed by atoms with E-state index in [0.29, 0.717) is 30.1 Å². The van der Waals surface area contributed by atoms with E-state index in [4.69, 9.17) is 0 Å². The molecule has 2 aliphatic heterocycles. The van der Waals surface area contributed by atoms with Crippen LogP contribution >= 0.6 is 0 Å². The number of hydrogen-bond acceptors (Lipinski definition) is 1. The van der Waals surface area contributed by atoms with Gasteiger partial charge in [-0.15, -0.1) is 0 Å². The molecule has 1 aromatic carbocycles. The maximum atomic E-state index is 13.3. The summed E-state index contributed by atoms with van der Waals surface area (Å²) >= 11 is 0. The Bertz CT molecular complexity index is 547. The molecule has 0 saturated carbocycles. The van der Waals surface area contributed by atoms with Gasteiger partial charge in [0, 0.05) is 12.1 Å². The van der Waals surface area contributed by atoms with Gasteiger partial charge in [0.15, 0.2) is 0 Å². The van der Waals surface area contributed by atoms with Crippen LogP contribution in [0.15, 0.2) is 29.8 Å². The summed E-state index contributed by atoms with van der Waals surface area (Å²) in [5, 5.41) is 3.42. The van der Waals surface area contributed by atoms with Crippen LogP contribution in [-0.4, -0.2) is 12.1 Å². The quantitative estimate of drug-likeness (QED) is 0.643. The molecule has 0 aliphatic carbocycles. The lowest BCUT2D eigenvalue weighted by molar-refractivity contribution is -0.137. The van der Waals surface area contributed by atoms with Crippen molar-refractivity contribution in [2.75, 3.05) is 0 Å². The highest BCUT2D eigenvalue weighted by molar-refractivity contribution is 5.31. The largest absolute Gasteiger partial charge is 0.416 e. The monoisotopic (exact) mass is 285 g/mol. The second-order valence-corrected chi connectivity index (χ2v) is 5.60. The molecule has 0 aromatic heterocycles. The standard InChI is InChI=1S/C15H15F4N/c16-12-5-9(4-11(8-12)15(17,18)19)3-10-6-13-1-2-14(7-10)20-13/h4-6,8,13-14,20H,1-3,7H2. The highest BCUT2D eigenvalue weighted by Crippen LogP contribution is 2.32. The van der Waals surface area contributed by atoms with Gasteiger partial charge in [-0.2, -0.15) is 13.2 Å². The average molecular weight is 285 g/mol. The summed E-state index contributed by atoms with van der Waals surface area (Å²) in [6.45, 7) is 0. The summed E-state index contributed by atoms with van der Waals surface area (Å²) in [7, 11) is 0. The topological polar surface area (TPSA) is 12.0 Å². The van der Waals surface area contributed by atoms with Crippen molar-refractivity contribution in [3.05, 3.63) is 46.8 Å². The fourth-order valence-corrected chi connectivity index (χ4v) is 3.12. The average Bonchev–Trinajstić information content (AvgIpc) is 2.67. The van der Waals surface area contributed by atoms with E-state index in [9.17, 15) is 17.6 Å². The molecule has 0 spiro atoms. The molecule has 2 heterocycles. The molecule has 2 atom stereocenters. The van der Waals surface area contributed by atoms with Crippen molar-refractivity contribution in [1.82, 2.24) is 5.32 Å². The third-order valence-electron chi connectivity index (χ3n) is 3.94. The molecule has 1 N–H and O–H groups in total. The lowest BCUT2D eigenvalue weighted by atomic mass is 9.95. The first kappa shape index (κ1) is 13.6. The fraction of sp³-hybridized carbons (Fsp3) is 0.467. The molecule has 2 bridgehead atoms. The molecular weight excluding hydrogens is 270 g/mol. The van der Waals surface area contributed by atoms with Gasteiger partial charge in [0.05, 0.1) is 5.56 Å². The molecule has 2 aliphatic rings. The molecule has 1 nitrogen and oxygen atoms in total. The zero-order valence-corrected chi connectivity index (χ0v) is 10.8. The summed E-state index contributed by atoms with van der Waals surface area (Å²) in [5.74, 6) is -0.827. The maximum absolute atomic E-state index is 13.3. The van der Waals surface area contributed by atoms with Crippen LogP contribution < -0.4 is 5.32 Å². The summed E-state index contributed by atoms with van der Waals surface area (Å²) in [5.41, 5.74) is 0.588. The lowest BCUT2D eigenvalue weighted by Crippen LogP contribution is -2.32. The molecular formula is C15H15F4N. The molecule has 2 unspecified atom stereocenters. The molecule has 5 heteroatoms. The second kappa shape index (κ2) is 4.88. The number of fused-ring (bicyclic) bond motifs is 2. The lowest BCUT2D eigenvalue weighted by Gasteiger charge is -2.21. The molecule has 0 amide bonds. The van der Waals surface area contributed by atoms with Crippen molar-refractivity contribution in [1.29, 1.82) is 0 Å². The molecule has 1 aromatic rings. The summed E-state index contributed by atoms with van der Waals surface area (Å²) in [6.07, 6.45) is 0.997. The van der Waals surface area contributed by atoms with Crippen LogP contribution in [0.2, 0.25) is 0 Å². The minimum absolute atomic E-state index is 0.333. The van der Waals surface area contributed by atoms with E-state index < -0.39 is 17.6 Å². The number of alkyl halides is 3. The third kappa shape index (κ3) is 2.87. The van der Waals surface area contributed by atoms with Gasteiger partial charge in [0.1, 0.15) is 5.82 Å². The van der Waals surface area contributed by atoms with E-state index in [2.05, 4.69) is 11.4 Å². The predicted octanol–water partition coefficient (Wildman–Crippen LogP) is 3.84. The Morgan fingerprint density at radius 2 is 1.95 bits per heavy atom. The van der Waals surface area contributed by atoms with Gasteiger partial charge in [-0.25, -0.2) is 4.39 Å². The third-order valence-corrected chi connectivity index (χ3v) is 3.94. The van der Waals surface area contributed by atoms with E-state index in [-0.39, 0.29) is 0 Å². The Kier molecular flexibility index (Phi) is 3.32. The van der Waals surface area contributed by atoms with E-state index in [1.165, 1.54) is 6.07 Å². The highest BCUT2D eigenvalue weighted by atomic mass is 19.4. The normalized spacial score (nSPS) is 25.7. The predicted molar refractivity (Wildman–Crippen MR) is 67.8 cm³/mol. The zero-order chi connectivity index (χ0) is 14.3. The minimum Gasteiger partial charge on any atom is -0.307 e. The second-order valence-electron chi connectivity index (χ2n) is 5.60. The van der Waals surface area contributed by atoms with Gasteiger partial charge in [0.25, 0.3) is 0 Å². The molecule has 108 valence electrons. The van der Waals surface area contributed by atoms with Crippen molar-refractivity contribution < 1.29 is 17.6 Å². The van der Waals surface area contributed by atoms with Crippen LogP contribution in [0.1, 0.15) is 30.4 Å². The van der Waals surface area contributed by atoms with Gasteiger partial charge in [-0.1, -0.05) is 11.6 Å². The first-order valence-corrected chi connectivity index (χ1v) is 6.72. The summed E-state index contributed by atoms with van der Waals surface area (Å²) < 4.78 is 51.4. The van der Waals surface area contributed by atoms with E-state index in [1.54, 1.807) is 0 Å². The van der Waals surface area contributed by atoms with Gasteiger partial charge >= 0.3 is 6.18 Å². The van der Waals surface area contributed by atoms with Crippen LogP contribution in [-0.2, 0) is 12.6 Å². The zero-order valence-electron chi connectivity index (χ0n) is 10.8. The van der Waals surface area contributed by atoms with Gasteiger partial charge in [-0.3, -0.25) is 0 Å². The van der Waals surface area contributed by atoms with E-state index >= 15 is 0 Å². The Labute approximate surface area is 114 Å². The van der Waals surface area contributed by atoms with Crippen LogP contribution in [0.4, 0.5) is 17.6 Å². The van der Waals surface area contributed by atoms with Crippen molar-refractivity contribution in [2.45, 2.75) is 43.9 Å². The number of hydrogen-bond donors (Lipinski definition) is 1. The van der Waals surface area contributed by atoms with Crippen LogP contribution in [0.5, 0.6) is 0 Å². The van der Waals surface area contributed by atoms with E-state index in [1.807, 2.05) is 0 Å². The summed E-state index contributed by atoms with van der Waals surface area (Å²) in [4.78, 5) is 0. The smallest absolute Gasteiger partial charge is 0.307 e. The van der Waals surface area contributed by atoms with Gasteiger partial charge in [-0.05, 0) is 49.4 Å². The van der Waals surface area contributed by atoms with Crippen molar-refractivity contribution in [2.24, 2.45) is 0 Å². The number of benzene rings is 1. The van der Waals surface area contributed by atoms with Crippen molar-refractivity contribution >= 4 is 0 Å². The SMILES string of the molecule is Fc1cc(CC2=CC3CCC(C2)N3)cc(C(F)(F)F)c1. The first-order chi connectivity index (χ1) is 9.40. The minimum atomic E-state index is -4.50. The van der Waals surface area contributed by atoms with Gasteiger partial charge < -0.3 is 5.32 Å². The Balaban J connectivity index is 1.82. The van der Waals surface area contributed by atoms with Crippen LogP contribution in [0, 0.1) is 5.82 Å². The summed E-state index contributed by atoms with van der Waals surface area (Å²) in [6, 6.07) is 3.55. The molecule has 1 saturated heterocycles. The Morgan fingerprint density at radius 3 is 2.65 bits per heavy atom. The van der Waals surface area contributed by atoms with Crippen molar-refractivity contribution in [3.63, 3.8) is 0 Å². The van der Waals surface area contributed by atoms with Crippen LogP contribution in [0.25, 0.3) is 0 Å². The molecule has 20 heavy (non-hydrogen) atoms. The van der Waals surface area contributed by atoms with E-state index in [0.717, 1.165) is 30.9 Å². The molecule has 1 fully saturated rings. The molecule has 0 radical (unpaired) electrons. The Morgan fingerprint density at radius 1 is 1.15 bits per heavy atom.